The summed E-state index contributed by atoms with van der Waals surface area (Å²) in [4.78, 5) is 11.4. The Bertz CT molecular complexity index is 156. The number of hydrogen-bond acceptors (Lipinski definition) is 1. The lowest BCUT2D eigenvalue weighted by atomic mass is 9.89. The van der Waals surface area contributed by atoms with Crippen molar-refractivity contribution < 1.29 is 4.79 Å². The van der Waals surface area contributed by atoms with E-state index in [0.717, 1.165) is 12.3 Å². The van der Waals surface area contributed by atoms with Gasteiger partial charge in [0, 0.05) is 12.3 Å². The number of hydrogen-bond donors (Lipinski definition) is 0. The van der Waals surface area contributed by atoms with Crippen LogP contribution in [0.15, 0.2) is 0 Å². The maximum absolute atomic E-state index is 11.4. The summed E-state index contributed by atoms with van der Waals surface area (Å²) in [6.07, 6.45) is 8.64. The quantitative estimate of drug-likeness (QED) is 0.564. The summed E-state index contributed by atoms with van der Waals surface area (Å²) in [6, 6.07) is 0. The van der Waals surface area contributed by atoms with E-state index in [1.54, 1.807) is 0 Å². The van der Waals surface area contributed by atoms with Crippen molar-refractivity contribution in [2.45, 2.75) is 44.9 Å². The van der Waals surface area contributed by atoms with Gasteiger partial charge in [0.1, 0.15) is 5.78 Å². The molecule has 0 unspecified atom stereocenters. The van der Waals surface area contributed by atoms with Crippen LogP contribution < -0.4 is 0 Å². The van der Waals surface area contributed by atoms with Gasteiger partial charge >= 0.3 is 0 Å². The fourth-order valence-electron chi connectivity index (χ4n) is 2.70. The van der Waals surface area contributed by atoms with Crippen molar-refractivity contribution in [2.24, 2.45) is 11.8 Å². The van der Waals surface area contributed by atoms with E-state index in [1.807, 2.05) is 0 Å². The minimum Gasteiger partial charge on any atom is -0.299 e. The highest BCUT2D eigenvalue weighted by Crippen LogP contribution is 2.38. The van der Waals surface area contributed by atoms with Crippen LogP contribution in [-0.2, 0) is 4.79 Å². The van der Waals surface area contributed by atoms with Crippen LogP contribution in [0, 0.1) is 11.8 Å². The van der Waals surface area contributed by atoms with Gasteiger partial charge in [0.15, 0.2) is 0 Å². The minimum atomic E-state index is 0.484. The molecule has 0 amide bonds. The summed E-state index contributed by atoms with van der Waals surface area (Å²) >= 11 is 0. The Morgan fingerprint density at radius 2 is 1.73 bits per heavy atom. The molecule has 0 aliphatic heterocycles. The van der Waals surface area contributed by atoms with E-state index in [-0.39, 0.29) is 0 Å². The monoisotopic (exact) mass is 152 g/mol. The predicted octanol–water partition coefficient (Wildman–Crippen LogP) is 2.55. The zero-order chi connectivity index (χ0) is 7.68. The number of carbonyl (C=O) groups excluding carboxylic acids is 1. The van der Waals surface area contributed by atoms with E-state index in [2.05, 4.69) is 0 Å². The molecule has 0 aromatic carbocycles. The lowest BCUT2D eigenvalue weighted by Crippen LogP contribution is -2.15. The molecule has 0 spiro atoms. The molecule has 0 saturated heterocycles. The van der Waals surface area contributed by atoms with E-state index < -0.39 is 0 Å². The first-order valence-corrected chi connectivity index (χ1v) is 4.90. The zero-order valence-corrected chi connectivity index (χ0v) is 7.01. The fourth-order valence-corrected chi connectivity index (χ4v) is 2.70. The van der Waals surface area contributed by atoms with Crippen LogP contribution in [0.2, 0.25) is 0 Å². The smallest absolute Gasteiger partial charge is 0.136 e. The molecule has 11 heavy (non-hydrogen) atoms. The van der Waals surface area contributed by atoms with Crippen LogP contribution in [-0.4, -0.2) is 5.78 Å². The summed E-state index contributed by atoms with van der Waals surface area (Å²) in [5.41, 5.74) is 0. The summed E-state index contributed by atoms with van der Waals surface area (Å²) in [7, 11) is 0. The van der Waals surface area contributed by atoms with E-state index in [1.165, 1.54) is 38.5 Å². The van der Waals surface area contributed by atoms with Crippen LogP contribution in [0.3, 0.4) is 0 Å². The Morgan fingerprint density at radius 3 is 2.27 bits per heavy atom. The number of rotatable bonds is 1. The minimum absolute atomic E-state index is 0.484. The Balaban J connectivity index is 1.97. The van der Waals surface area contributed by atoms with E-state index in [9.17, 15) is 4.79 Å². The largest absolute Gasteiger partial charge is 0.299 e. The molecule has 0 bridgehead atoms. The normalized spacial score (nSPS) is 33.5. The zero-order valence-electron chi connectivity index (χ0n) is 7.01. The van der Waals surface area contributed by atoms with Gasteiger partial charge < -0.3 is 0 Å². The summed E-state index contributed by atoms with van der Waals surface area (Å²) in [6.45, 7) is 0. The molecular weight excluding hydrogens is 136 g/mol. The molecule has 2 aliphatic carbocycles. The Kier molecular flexibility index (Phi) is 1.97. The van der Waals surface area contributed by atoms with Crippen LogP contribution in [0.4, 0.5) is 0 Å². The second-order valence-corrected chi connectivity index (χ2v) is 4.01. The van der Waals surface area contributed by atoms with E-state index in [4.69, 9.17) is 0 Å². The third kappa shape index (κ3) is 1.33. The van der Waals surface area contributed by atoms with Crippen molar-refractivity contribution in [3.05, 3.63) is 0 Å². The maximum Gasteiger partial charge on any atom is 0.136 e. The Morgan fingerprint density at radius 1 is 1.00 bits per heavy atom. The number of carbonyl (C=O) groups is 1. The van der Waals surface area contributed by atoms with Gasteiger partial charge in [0.05, 0.1) is 0 Å². The highest BCUT2D eigenvalue weighted by Gasteiger charge is 2.33. The van der Waals surface area contributed by atoms with Crippen molar-refractivity contribution in [1.29, 1.82) is 0 Å². The predicted molar refractivity (Wildman–Crippen MR) is 44.3 cm³/mol. The lowest BCUT2D eigenvalue weighted by molar-refractivity contribution is -0.122. The standard InChI is InChI=1S/C10H16O/c11-10-7-3-6-9(10)8-4-1-2-5-8/h8-9H,1-7H2/t9-/m1/s1. The number of ketones is 1. The van der Waals surface area contributed by atoms with E-state index in [0.29, 0.717) is 11.7 Å². The summed E-state index contributed by atoms with van der Waals surface area (Å²) in [5, 5.41) is 0. The molecule has 1 nitrogen and oxygen atoms in total. The Labute approximate surface area is 68.2 Å². The lowest BCUT2D eigenvalue weighted by Gasteiger charge is -2.14. The second kappa shape index (κ2) is 2.96. The van der Waals surface area contributed by atoms with Gasteiger partial charge in [0.2, 0.25) is 0 Å². The van der Waals surface area contributed by atoms with Crippen LogP contribution in [0.25, 0.3) is 0 Å². The molecule has 0 aromatic heterocycles. The topological polar surface area (TPSA) is 17.1 Å². The van der Waals surface area contributed by atoms with Crippen molar-refractivity contribution in [2.75, 3.05) is 0 Å². The van der Waals surface area contributed by atoms with Crippen LogP contribution in [0.5, 0.6) is 0 Å². The van der Waals surface area contributed by atoms with Gasteiger partial charge in [-0.2, -0.15) is 0 Å². The molecule has 0 radical (unpaired) electrons. The SMILES string of the molecule is O=C1CCC[C@@H]1C1CCCC1. The van der Waals surface area contributed by atoms with Crippen LogP contribution >= 0.6 is 0 Å². The van der Waals surface area contributed by atoms with Gasteiger partial charge in [-0.25, -0.2) is 0 Å². The van der Waals surface area contributed by atoms with Gasteiger partial charge in [0.25, 0.3) is 0 Å². The van der Waals surface area contributed by atoms with Gasteiger partial charge in [-0.3, -0.25) is 4.79 Å². The van der Waals surface area contributed by atoms with Crippen molar-refractivity contribution in [3.8, 4) is 0 Å². The third-order valence-corrected chi connectivity index (χ3v) is 3.32. The maximum atomic E-state index is 11.4. The van der Waals surface area contributed by atoms with Gasteiger partial charge in [-0.15, -0.1) is 0 Å². The first kappa shape index (κ1) is 7.33. The first-order chi connectivity index (χ1) is 5.38. The van der Waals surface area contributed by atoms with Crippen molar-refractivity contribution in [3.63, 3.8) is 0 Å². The summed E-state index contributed by atoms with van der Waals surface area (Å²) < 4.78 is 0. The molecule has 2 rings (SSSR count). The average molecular weight is 152 g/mol. The molecule has 62 valence electrons. The molecular formula is C10H16O. The number of Topliss-reactive ketones (excluding diaryl/α,β-unsaturated/α-hetero) is 1. The molecule has 2 fully saturated rings. The first-order valence-electron chi connectivity index (χ1n) is 4.90. The van der Waals surface area contributed by atoms with Gasteiger partial charge in [-0.05, 0) is 31.6 Å². The molecule has 2 saturated carbocycles. The average Bonchev–Trinajstić information content (AvgIpc) is 2.55. The third-order valence-electron chi connectivity index (χ3n) is 3.32. The molecule has 2 aliphatic rings. The molecule has 0 N–H and O–H groups in total. The van der Waals surface area contributed by atoms with Crippen molar-refractivity contribution >= 4 is 5.78 Å². The highest BCUT2D eigenvalue weighted by molar-refractivity contribution is 5.83. The molecule has 0 aromatic rings. The summed E-state index contributed by atoms with van der Waals surface area (Å²) in [5.74, 6) is 1.83. The van der Waals surface area contributed by atoms with E-state index >= 15 is 0 Å². The molecule has 0 heterocycles. The van der Waals surface area contributed by atoms with Crippen molar-refractivity contribution in [1.82, 2.24) is 0 Å². The van der Waals surface area contributed by atoms with Crippen LogP contribution in [0.1, 0.15) is 44.9 Å². The van der Waals surface area contributed by atoms with Gasteiger partial charge in [-0.1, -0.05) is 12.8 Å². The fraction of sp³-hybridized carbons (Fsp3) is 0.900. The molecule has 1 heteroatoms. The second-order valence-electron chi connectivity index (χ2n) is 4.01. The molecule has 1 atom stereocenters. The highest BCUT2D eigenvalue weighted by atomic mass is 16.1. The Hall–Kier alpha value is -0.330.